The summed E-state index contributed by atoms with van der Waals surface area (Å²) in [5.41, 5.74) is 3.81. The zero-order valence-electron chi connectivity index (χ0n) is 8.32. The van der Waals surface area contributed by atoms with Gasteiger partial charge in [0.15, 0.2) is 0 Å². The summed E-state index contributed by atoms with van der Waals surface area (Å²) in [7, 11) is 0. The van der Waals surface area contributed by atoms with Crippen molar-refractivity contribution in [2.24, 2.45) is 11.7 Å². The van der Waals surface area contributed by atoms with Crippen molar-refractivity contribution in [1.29, 1.82) is 0 Å². The van der Waals surface area contributed by atoms with Crippen LogP contribution in [0.25, 0.3) is 0 Å². The maximum absolute atomic E-state index is 12.4. The number of alkyl halides is 3. The average Bonchev–Trinajstić information content (AvgIpc) is 2.84. The molecule has 1 aliphatic carbocycles. The van der Waals surface area contributed by atoms with Crippen LogP contribution in [0.3, 0.4) is 0 Å². The number of hydrogen-bond acceptors (Lipinski definition) is 2. The zero-order chi connectivity index (χ0) is 10.8. The summed E-state index contributed by atoms with van der Waals surface area (Å²) in [6.45, 7) is 2.87. The van der Waals surface area contributed by atoms with Crippen LogP contribution in [0.5, 0.6) is 0 Å². The van der Waals surface area contributed by atoms with Gasteiger partial charge in [-0.25, -0.2) is 0 Å². The first-order chi connectivity index (χ1) is 6.41. The van der Waals surface area contributed by atoms with Gasteiger partial charge in [0.05, 0.1) is 0 Å². The van der Waals surface area contributed by atoms with E-state index < -0.39 is 11.7 Å². The Kier molecular flexibility index (Phi) is 3.42. The van der Waals surface area contributed by atoms with Crippen LogP contribution in [0.1, 0.15) is 26.2 Å². The van der Waals surface area contributed by atoms with Gasteiger partial charge in [0, 0.05) is 0 Å². The summed E-state index contributed by atoms with van der Waals surface area (Å²) < 4.78 is 37.2. The lowest BCUT2D eigenvalue weighted by molar-refractivity contribution is -0.165. The van der Waals surface area contributed by atoms with Crippen molar-refractivity contribution in [3.8, 4) is 0 Å². The third-order valence-corrected chi connectivity index (χ3v) is 2.80. The molecule has 0 bridgehead atoms. The Labute approximate surface area is 82.0 Å². The van der Waals surface area contributed by atoms with Gasteiger partial charge >= 0.3 is 6.18 Å². The summed E-state index contributed by atoms with van der Waals surface area (Å²) >= 11 is 0. The molecule has 0 radical (unpaired) electrons. The topological polar surface area (TPSA) is 38.0 Å². The summed E-state index contributed by atoms with van der Waals surface area (Å²) in [4.78, 5) is 0. The van der Waals surface area contributed by atoms with E-state index in [9.17, 15) is 13.2 Å². The molecule has 1 fully saturated rings. The quantitative estimate of drug-likeness (QED) is 0.724. The number of hydrogen-bond donors (Lipinski definition) is 2. The maximum Gasteiger partial charge on any atom is 0.406 e. The van der Waals surface area contributed by atoms with Gasteiger partial charge in [0.2, 0.25) is 0 Å². The van der Waals surface area contributed by atoms with Gasteiger partial charge in [-0.15, -0.1) is 0 Å². The second-order valence-electron chi connectivity index (χ2n) is 4.14. The third-order valence-electron chi connectivity index (χ3n) is 2.80. The highest BCUT2D eigenvalue weighted by molar-refractivity contribution is 5.07. The number of rotatable bonds is 5. The molecule has 14 heavy (non-hydrogen) atoms. The van der Waals surface area contributed by atoms with E-state index in [2.05, 4.69) is 5.32 Å². The molecule has 5 heteroatoms. The highest BCUT2D eigenvalue weighted by atomic mass is 19.4. The van der Waals surface area contributed by atoms with Crippen molar-refractivity contribution in [1.82, 2.24) is 5.32 Å². The minimum atomic E-state index is -4.10. The number of nitrogens with one attached hydrogen (secondary N) is 1. The summed E-state index contributed by atoms with van der Waals surface area (Å²) in [5.74, 6) is 0.284. The summed E-state index contributed by atoms with van der Waals surface area (Å²) in [5, 5.41) is 2.59. The smallest absolute Gasteiger partial charge is 0.330 e. The van der Waals surface area contributed by atoms with Crippen LogP contribution in [0.4, 0.5) is 13.2 Å². The van der Waals surface area contributed by atoms with E-state index in [0.29, 0.717) is 19.5 Å². The minimum Gasteiger partial charge on any atom is -0.330 e. The largest absolute Gasteiger partial charge is 0.406 e. The fourth-order valence-electron chi connectivity index (χ4n) is 1.36. The number of nitrogens with two attached hydrogens (primary N) is 1. The average molecular weight is 210 g/mol. The van der Waals surface area contributed by atoms with E-state index in [-0.39, 0.29) is 18.8 Å². The first-order valence-electron chi connectivity index (χ1n) is 4.93. The Hall–Kier alpha value is -0.290. The standard InChI is InChI=1S/C9H17F3N2/c1-7(6-13)2-5-14-8(3-4-8)9(10,11)12/h7,14H,2-6,13H2,1H3. The molecular formula is C9H17F3N2. The molecule has 0 saturated heterocycles. The van der Waals surface area contributed by atoms with Crippen LogP contribution in [-0.4, -0.2) is 24.8 Å². The van der Waals surface area contributed by atoms with Gasteiger partial charge < -0.3 is 11.1 Å². The monoisotopic (exact) mass is 210 g/mol. The Morgan fingerprint density at radius 1 is 1.43 bits per heavy atom. The van der Waals surface area contributed by atoms with Gasteiger partial charge in [-0.1, -0.05) is 6.92 Å². The highest BCUT2D eigenvalue weighted by Crippen LogP contribution is 2.48. The molecule has 2 nitrogen and oxygen atoms in total. The summed E-state index contributed by atoms with van der Waals surface area (Å²) in [6, 6.07) is 0. The molecule has 1 rings (SSSR count). The van der Waals surface area contributed by atoms with Crippen molar-refractivity contribution in [2.45, 2.75) is 37.9 Å². The fourth-order valence-corrected chi connectivity index (χ4v) is 1.36. The lowest BCUT2D eigenvalue weighted by atomic mass is 10.1. The van der Waals surface area contributed by atoms with Crippen molar-refractivity contribution in [3.63, 3.8) is 0 Å². The molecule has 1 saturated carbocycles. The maximum atomic E-state index is 12.4. The lowest BCUT2D eigenvalue weighted by Crippen LogP contribution is -2.45. The van der Waals surface area contributed by atoms with Gasteiger partial charge in [-0.2, -0.15) is 13.2 Å². The fraction of sp³-hybridized carbons (Fsp3) is 1.00. The van der Waals surface area contributed by atoms with E-state index in [0.717, 1.165) is 0 Å². The van der Waals surface area contributed by atoms with Crippen LogP contribution >= 0.6 is 0 Å². The third kappa shape index (κ3) is 2.60. The van der Waals surface area contributed by atoms with Gasteiger partial charge in [-0.3, -0.25) is 0 Å². The molecule has 84 valence electrons. The highest BCUT2D eigenvalue weighted by Gasteiger charge is 2.62. The first-order valence-corrected chi connectivity index (χ1v) is 4.93. The molecule has 0 aliphatic heterocycles. The Morgan fingerprint density at radius 3 is 2.36 bits per heavy atom. The summed E-state index contributed by atoms with van der Waals surface area (Å²) in [6.07, 6.45) is -2.96. The van der Waals surface area contributed by atoms with Crippen LogP contribution in [0.15, 0.2) is 0 Å². The second kappa shape index (κ2) is 4.06. The molecule has 1 unspecified atom stereocenters. The zero-order valence-corrected chi connectivity index (χ0v) is 8.32. The van der Waals surface area contributed by atoms with Gasteiger partial charge in [0.1, 0.15) is 5.54 Å². The van der Waals surface area contributed by atoms with Crippen molar-refractivity contribution >= 4 is 0 Å². The lowest BCUT2D eigenvalue weighted by Gasteiger charge is -2.21. The molecule has 0 aromatic rings. The van der Waals surface area contributed by atoms with E-state index >= 15 is 0 Å². The van der Waals surface area contributed by atoms with E-state index in [1.807, 2.05) is 6.92 Å². The number of halogens is 3. The SMILES string of the molecule is CC(CN)CCNC1(C(F)(F)F)CC1. The van der Waals surface area contributed by atoms with Crippen LogP contribution in [-0.2, 0) is 0 Å². The minimum absolute atomic E-state index is 0.216. The predicted molar refractivity (Wildman–Crippen MR) is 48.9 cm³/mol. The van der Waals surface area contributed by atoms with E-state index in [1.54, 1.807) is 0 Å². The van der Waals surface area contributed by atoms with Gasteiger partial charge in [-0.05, 0) is 38.3 Å². The molecule has 0 amide bonds. The molecule has 0 heterocycles. The Balaban J connectivity index is 2.25. The van der Waals surface area contributed by atoms with Gasteiger partial charge in [0.25, 0.3) is 0 Å². The molecule has 1 atom stereocenters. The molecule has 0 aromatic carbocycles. The van der Waals surface area contributed by atoms with Crippen molar-refractivity contribution < 1.29 is 13.2 Å². The Bertz CT molecular complexity index is 187. The van der Waals surface area contributed by atoms with Crippen molar-refractivity contribution in [2.75, 3.05) is 13.1 Å². The first kappa shape index (κ1) is 11.8. The van der Waals surface area contributed by atoms with Crippen LogP contribution in [0.2, 0.25) is 0 Å². The Morgan fingerprint density at radius 2 is 2.00 bits per heavy atom. The molecular weight excluding hydrogens is 193 g/mol. The normalized spacial score (nSPS) is 22.1. The molecule has 3 N–H and O–H groups in total. The molecule has 0 aromatic heterocycles. The van der Waals surface area contributed by atoms with Crippen molar-refractivity contribution in [3.05, 3.63) is 0 Å². The van der Waals surface area contributed by atoms with E-state index in [4.69, 9.17) is 5.73 Å². The van der Waals surface area contributed by atoms with Crippen LogP contribution in [0, 0.1) is 5.92 Å². The predicted octanol–water partition coefficient (Wildman–Crippen LogP) is 1.66. The molecule has 0 spiro atoms. The second-order valence-corrected chi connectivity index (χ2v) is 4.14. The van der Waals surface area contributed by atoms with Crippen LogP contribution < -0.4 is 11.1 Å². The molecule has 1 aliphatic rings. The van der Waals surface area contributed by atoms with E-state index in [1.165, 1.54) is 0 Å².